The molecule has 0 bridgehead atoms. The number of aryl methyl sites for hydroxylation is 1. The van der Waals surface area contributed by atoms with Gasteiger partial charge in [0.05, 0.1) is 11.4 Å². The Bertz CT molecular complexity index is 977. The number of hydrogen-bond donors (Lipinski definition) is 0. The van der Waals surface area contributed by atoms with Gasteiger partial charge in [0.2, 0.25) is 0 Å². The van der Waals surface area contributed by atoms with Crippen molar-refractivity contribution in [2.75, 3.05) is 13.6 Å². The summed E-state index contributed by atoms with van der Waals surface area (Å²) in [5.41, 5.74) is 7.14. The van der Waals surface area contributed by atoms with Crippen LogP contribution in [0.4, 0.5) is 4.39 Å². The number of aromatic nitrogens is 2. The second-order valence-corrected chi connectivity index (χ2v) is 6.76. The van der Waals surface area contributed by atoms with E-state index in [1.165, 1.54) is 11.6 Å². The molecular formula is C22H20FN3. The first-order chi connectivity index (χ1) is 12.6. The summed E-state index contributed by atoms with van der Waals surface area (Å²) in [4.78, 5) is 2.25. The van der Waals surface area contributed by atoms with E-state index in [4.69, 9.17) is 0 Å². The third-order valence-electron chi connectivity index (χ3n) is 4.67. The van der Waals surface area contributed by atoms with Crippen LogP contribution in [-0.4, -0.2) is 28.7 Å². The summed E-state index contributed by atoms with van der Waals surface area (Å²) in [7, 11) is 2.09. The van der Waals surface area contributed by atoms with Crippen LogP contribution in [-0.2, 0) is 6.54 Å². The molecule has 0 spiro atoms. The quantitative estimate of drug-likeness (QED) is 0.686. The second kappa shape index (κ2) is 6.81. The summed E-state index contributed by atoms with van der Waals surface area (Å²) in [6.45, 7) is 3.58. The first kappa shape index (κ1) is 16.6. The number of halogens is 1. The Kier molecular flexibility index (Phi) is 4.35. The lowest BCUT2D eigenvalue weighted by atomic mass is 9.92. The van der Waals surface area contributed by atoms with Gasteiger partial charge in [0.1, 0.15) is 5.82 Å². The molecule has 1 aliphatic rings. The smallest absolute Gasteiger partial charge is 0.123 e. The van der Waals surface area contributed by atoms with E-state index in [0.29, 0.717) is 0 Å². The number of rotatable bonds is 2. The molecule has 0 saturated heterocycles. The van der Waals surface area contributed by atoms with Gasteiger partial charge in [0, 0.05) is 18.7 Å². The maximum absolute atomic E-state index is 13.7. The van der Waals surface area contributed by atoms with Crippen molar-refractivity contribution in [3.63, 3.8) is 0 Å². The van der Waals surface area contributed by atoms with E-state index in [9.17, 15) is 4.39 Å². The van der Waals surface area contributed by atoms with Gasteiger partial charge < -0.3 is 0 Å². The number of benzene rings is 2. The van der Waals surface area contributed by atoms with Gasteiger partial charge in [0.15, 0.2) is 0 Å². The van der Waals surface area contributed by atoms with Gasteiger partial charge in [-0.2, -0.15) is 10.2 Å². The van der Waals surface area contributed by atoms with Gasteiger partial charge in [-0.1, -0.05) is 30.3 Å². The average molecular weight is 345 g/mol. The van der Waals surface area contributed by atoms with Crippen molar-refractivity contribution >= 4 is 5.57 Å². The molecule has 0 unspecified atom stereocenters. The molecule has 0 atom stereocenters. The van der Waals surface area contributed by atoms with Gasteiger partial charge in [-0.3, -0.25) is 4.90 Å². The van der Waals surface area contributed by atoms with Gasteiger partial charge in [-0.15, -0.1) is 0 Å². The fraction of sp³-hybridized carbons (Fsp3) is 0.182. The minimum Gasteiger partial charge on any atom is -0.298 e. The molecule has 0 saturated carbocycles. The van der Waals surface area contributed by atoms with E-state index < -0.39 is 0 Å². The molecule has 26 heavy (non-hydrogen) atoms. The van der Waals surface area contributed by atoms with Crippen molar-refractivity contribution in [3.8, 4) is 11.3 Å². The molecule has 3 nitrogen and oxygen atoms in total. The molecule has 0 amide bonds. The summed E-state index contributed by atoms with van der Waals surface area (Å²) in [6, 6.07) is 17.1. The fourth-order valence-corrected chi connectivity index (χ4v) is 3.34. The minimum absolute atomic E-state index is 0.214. The zero-order valence-electron chi connectivity index (χ0n) is 14.9. The Labute approximate surface area is 152 Å². The van der Waals surface area contributed by atoms with E-state index in [0.717, 1.165) is 46.7 Å². The second-order valence-electron chi connectivity index (χ2n) is 6.76. The normalized spacial score (nSPS) is 14.5. The fourth-order valence-electron chi connectivity index (χ4n) is 3.34. The number of nitrogens with zero attached hydrogens (tertiary/aromatic N) is 3. The third kappa shape index (κ3) is 3.28. The van der Waals surface area contributed by atoms with E-state index in [1.54, 1.807) is 12.1 Å². The van der Waals surface area contributed by atoms with Crippen LogP contribution in [0.2, 0.25) is 0 Å². The molecule has 2 aromatic carbocycles. The number of hydrogen-bond acceptors (Lipinski definition) is 3. The SMILES string of the molecule is Cc1ccc(-c2ccc3c(c2)CN(C)CC=C3c2cccc(F)c2)nn1. The van der Waals surface area contributed by atoms with Gasteiger partial charge in [-0.05, 0) is 66.6 Å². The van der Waals surface area contributed by atoms with Crippen molar-refractivity contribution < 1.29 is 4.39 Å². The van der Waals surface area contributed by atoms with Crippen molar-refractivity contribution in [1.82, 2.24) is 15.1 Å². The molecule has 0 N–H and O–H groups in total. The first-order valence-electron chi connectivity index (χ1n) is 8.69. The highest BCUT2D eigenvalue weighted by Gasteiger charge is 2.17. The van der Waals surface area contributed by atoms with Crippen LogP contribution in [0.1, 0.15) is 22.4 Å². The van der Waals surface area contributed by atoms with Crippen LogP contribution >= 0.6 is 0 Å². The highest BCUT2D eigenvalue weighted by molar-refractivity contribution is 5.83. The molecule has 0 radical (unpaired) electrons. The number of fused-ring (bicyclic) bond motifs is 1. The number of likely N-dealkylation sites (N-methyl/N-ethyl adjacent to an activating group) is 1. The van der Waals surface area contributed by atoms with E-state index in [1.807, 2.05) is 25.1 Å². The molecule has 2 heterocycles. The molecule has 0 fully saturated rings. The summed E-state index contributed by atoms with van der Waals surface area (Å²) in [6.07, 6.45) is 2.17. The molecule has 1 aromatic heterocycles. The molecule has 1 aliphatic heterocycles. The molecule has 3 aromatic rings. The van der Waals surface area contributed by atoms with E-state index >= 15 is 0 Å². The summed E-state index contributed by atoms with van der Waals surface area (Å²) in [5, 5.41) is 8.46. The monoisotopic (exact) mass is 345 g/mol. The van der Waals surface area contributed by atoms with Crippen molar-refractivity contribution in [1.29, 1.82) is 0 Å². The molecule has 4 rings (SSSR count). The standard InChI is InChI=1S/C22H20FN3/c1-15-6-9-22(25-24-15)17-7-8-20-18(12-17)14-26(2)11-10-21(20)16-4-3-5-19(23)13-16/h3-10,12-13H,11,14H2,1-2H3. The van der Waals surface area contributed by atoms with Crippen LogP contribution < -0.4 is 0 Å². The van der Waals surface area contributed by atoms with Crippen molar-refractivity contribution in [2.45, 2.75) is 13.5 Å². The third-order valence-corrected chi connectivity index (χ3v) is 4.67. The Hall–Kier alpha value is -2.85. The Morgan fingerprint density at radius 3 is 2.62 bits per heavy atom. The predicted octanol–water partition coefficient (Wildman–Crippen LogP) is 4.47. The highest BCUT2D eigenvalue weighted by atomic mass is 19.1. The molecule has 0 aliphatic carbocycles. The van der Waals surface area contributed by atoms with Crippen LogP contribution in [0.25, 0.3) is 16.8 Å². The molecule has 130 valence electrons. The van der Waals surface area contributed by atoms with Crippen LogP contribution in [0.15, 0.2) is 60.7 Å². The minimum atomic E-state index is -0.214. The van der Waals surface area contributed by atoms with Gasteiger partial charge in [0.25, 0.3) is 0 Å². The lowest BCUT2D eigenvalue weighted by Crippen LogP contribution is -2.16. The maximum Gasteiger partial charge on any atom is 0.123 e. The zero-order chi connectivity index (χ0) is 18.1. The van der Waals surface area contributed by atoms with Crippen LogP contribution in [0, 0.1) is 12.7 Å². The van der Waals surface area contributed by atoms with Crippen LogP contribution in [0.5, 0.6) is 0 Å². The highest BCUT2D eigenvalue weighted by Crippen LogP contribution is 2.32. The summed E-state index contributed by atoms with van der Waals surface area (Å²) in [5.74, 6) is -0.214. The van der Waals surface area contributed by atoms with Crippen LogP contribution in [0.3, 0.4) is 0 Å². The van der Waals surface area contributed by atoms with Crippen molar-refractivity contribution in [2.24, 2.45) is 0 Å². The predicted molar refractivity (Wildman–Crippen MR) is 102 cm³/mol. The topological polar surface area (TPSA) is 29.0 Å². The molecular weight excluding hydrogens is 325 g/mol. The average Bonchev–Trinajstić information content (AvgIpc) is 2.80. The largest absolute Gasteiger partial charge is 0.298 e. The van der Waals surface area contributed by atoms with E-state index in [2.05, 4.69) is 46.4 Å². The Morgan fingerprint density at radius 1 is 0.962 bits per heavy atom. The lowest BCUT2D eigenvalue weighted by molar-refractivity contribution is 0.366. The molecule has 4 heteroatoms. The first-order valence-corrected chi connectivity index (χ1v) is 8.69. The Morgan fingerprint density at radius 2 is 1.85 bits per heavy atom. The van der Waals surface area contributed by atoms with Gasteiger partial charge >= 0.3 is 0 Å². The zero-order valence-corrected chi connectivity index (χ0v) is 14.9. The van der Waals surface area contributed by atoms with Crippen molar-refractivity contribution in [3.05, 3.63) is 88.9 Å². The lowest BCUT2D eigenvalue weighted by Gasteiger charge is -2.15. The van der Waals surface area contributed by atoms with Gasteiger partial charge in [-0.25, -0.2) is 4.39 Å². The summed E-state index contributed by atoms with van der Waals surface area (Å²) < 4.78 is 13.7. The maximum atomic E-state index is 13.7. The summed E-state index contributed by atoms with van der Waals surface area (Å²) >= 11 is 0. The Balaban J connectivity index is 1.81. The van der Waals surface area contributed by atoms with E-state index in [-0.39, 0.29) is 5.82 Å².